The third-order valence-corrected chi connectivity index (χ3v) is 5.57. The molecule has 2 aromatic rings. The van der Waals surface area contributed by atoms with Crippen molar-refractivity contribution in [1.29, 1.82) is 0 Å². The normalized spacial score (nSPS) is 10.7. The molecule has 0 aliphatic rings. The summed E-state index contributed by atoms with van der Waals surface area (Å²) in [5.41, 5.74) is 10.1. The molecule has 0 fully saturated rings. The quantitative estimate of drug-likeness (QED) is 0.213. The molecule has 3 amide bonds. The van der Waals surface area contributed by atoms with Gasteiger partial charge >= 0.3 is 6.03 Å². The Morgan fingerprint density at radius 1 is 0.853 bits per heavy atom. The van der Waals surface area contributed by atoms with E-state index in [1.807, 2.05) is 44.2 Å². The van der Waals surface area contributed by atoms with Gasteiger partial charge in [-0.15, -0.1) is 0 Å². The van der Waals surface area contributed by atoms with E-state index in [2.05, 4.69) is 28.4 Å². The number of benzene rings is 2. The minimum atomic E-state index is -0.258. The average Bonchev–Trinajstić information content (AvgIpc) is 2.84. The van der Waals surface area contributed by atoms with Crippen LogP contribution in [0.2, 0.25) is 0 Å². The predicted molar refractivity (Wildman–Crippen MR) is 138 cm³/mol. The lowest BCUT2D eigenvalue weighted by Gasteiger charge is -2.12. The number of ether oxygens (including phenoxy) is 1. The maximum Gasteiger partial charge on any atom is 0.319 e. The smallest absolute Gasteiger partial charge is 0.319 e. The molecule has 7 nitrogen and oxygen atoms in total. The molecule has 34 heavy (non-hydrogen) atoms. The van der Waals surface area contributed by atoms with Crippen molar-refractivity contribution in [2.24, 2.45) is 0 Å². The maximum absolute atomic E-state index is 12.3. The number of hydrazine groups is 1. The lowest BCUT2D eigenvalue weighted by atomic mass is 10.1. The van der Waals surface area contributed by atoms with Crippen molar-refractivity contribution in [2.75, 3.05) is 25.1 Å². The van der Waals surface area contributed by atoms with Gasteiger partial charge in [-0.3, -0.25) is 10.2 Å². The fraction of sp³-hybridized carbons (Fsp3) is 0.481. The van der Waals surface area contributed by atoms with Gasteiger partial charge in [-0.05, 0) is 68.4 Å². The lowest BCUT2D eigenvalue weighted by molar-refractivity contribution is 0.0932. The van der Waals surface area contributed by atoms with Gasteiger partial charge in [0.2, 0.25) is 0 Å². The molecule has 4 N–H and O–H groups in total. The molecule has 186 valence electrons. The summed E-state index contributed by atoms with van der Waals surface area (Å²) < 4.78 is 5.60. The van der Waals surface area contributed by atoms with Gasteiger partial charge in [0, 0.05) is 37.6 Å². The second kappa shape index (κ2) is 15.9. The van der Waals surface area contributed by atoms with Crippen LogP contribution in [0.15, 0.2) is 42.5 Å². The first-order valence-corrected chi connectivity index (χ1v) is 12.3. The zero-order chi connectivity index (χ0) is 24.6. The highest BCUT2D eigenvalue weighted by Crippen LogP contribution is 2.19. The molecule has 0 atom stereocenters. The minimum absolute atomic E-state index is 0.175. The molecule has 0 aliphatic carbocycles. The number of amides is 3. The minimum Gasteiger partial charge on any atom is -0.381 e. The van der Waals surface area contributed by atoms with E-state index in [-0.39, 0.29) is 11.9 Å². The standard InChI is InChI=1S/C27H40N4O3/c1-4-5-8-18-34-19-9-6-7-17-29-31-26(32)24-15-13-23(14-16-24)20-28-27(33)30-25-21(2)11-10-12-22(25)3/h10-16,29H,4-9,17-20H2,1-3H3,(H,31,32)(H2,28,30,33). The summed E-state index contributed by atoms with van der Waals surface area (Å²) in [7, 11) is 0. The Morgan fingerprint density at radius 2 is 1.53 bits per heavy atom. The fourth-order valence-electron chi connectivity index (χ4n) is 3.49. The molecule has 2 aromatic carbocycles. The van der Waals surface area contributed by atoms with Crippen molar-refractivity contribution in [3.63, 3.8) is 0 Å². The molecular formula is C27H40N4O3. The number of hydrogen-bond donors (Lipinski definition) is 4. The van der Waals surface area contributed by atoms with Gasteiger partial charge in [0.25, 0.3) is 5.91 Å². The van der Waals surface area contributed by atoms with Crippen molar-refractivity contribution in [3.8, 4) is 0 Å². The number of carbonyl (C=O) groups excluding carboxylic acids is 2. The van der Waals surface area contributed by atoms with Crippen LogP contribution in [0.5, 0.6) is 0 Å². The van der Waals surface area contributed by atoms with E-state index >= 15 is 0 Å². The van der Waals surface area contributed by atoms with Crippen molar-refractivity contribution in [1.82, 2.24) is 16.2 Å². The monoisotopic (exact) mass is 468 g/mol. The Labute approximate surface area is 204 Å². The summed E-state index contributed by atoms with van der Waals surface area (Å²) in [6, 6.07) is 12.8. The Kier molecular flexibility index (Phi) is 12.7. The van der Waals surface area contributed by atoms with Crippen LogP contribution in [0, 0.1) is 13.8 Å². The van der Waals surface area contributed by atoms with Crippen LogP contribution in [-0.4, -0.2) is 31.7 Å². The topological polar surface area (TPSA) is 91.5 Å². The number of aryl methyl sites for hydroxylation is 2. The highest BCUT2D eigenvalue weighted by atomic mass is 16.5. The molecule has 0 saturated heterocycles. The first kappa shape index (κ1) is 27.3. The van der Waals surface area contributed by atoms with Crippen molar-refractivity contribution < 1.29 is 14.3 Å². The number of unbranched alkanes of at least 4 members (excludes halogenated alkanes) is 4. The Hall–Kier alpha value is -2.90. The highest BCUT2D eigenvalue weighted by molar-refractivity contribution is 5.94. The Balaban J connectivity index is 1.60. The van der Waals surface area contributed by atoms with Gasteiger partial charge in [-0.25, -0.2) is 10.2 Å². The number of carbonyl (C=O) groups is 2. The fourth-order valence-corrected chi connectivity index (χ4v) is 3.49. The third kappa shape index (κ3) is 10.4. The SMILES string of the molecule is CCCCCOCCCCCNNC(=O)c1ccc(CNC(=O)Nc2c(C)cccc2C)cc1. The molecule has 0 aliphatic heterocycles. The van der Waals surface area contributed by atoms with Gasteiger partial charge in [0.15, 0.2) is 0 Å². The summed E-state index contributed by atoms with van der Waals surface area (Å²) in [6.45, 7) is 8.88. The van der Waals surface area contributed by atoms with E-state index in [1.165, 1.54) is 12.8 Å². The molecular weight excluding hydrogens is 428 g/mol. The zero-order valence-electron chi connectivity index (χ0n) is 20.8. The lowest BCUT2D eigenvalue weighted by Crippen LogP contribution is -2.37. The second-order valence-corrected chi connectivity index (χ2v) is 8.53. The van der Waals surface area contributed by atoms with Crippen LogP contribution >= 0.6 is 0 Å². The molecule has 0 unspecified atom stereocenters. The van der Waals surface area contributed by atoms with Gasteiger partial charge in [0.1, 0.15) is 0 Å². The highest BCUT2D eigenvalue weighted by Gasteiger charge is 2.08. The van der Waals surface area contributed by atoms with Crippen LogP contribution in [0.1, 0.15) is 72.5 Å². The van der Waals surface area contributed by atoms with E-state index in [0.29, 0.717) is 12.1 Å². The van der Waals surface area contributed by atoms with Crippen molar-refractivity contribution in [2.45, 2.75) is 65.8 Å². The predicted octanol–water partition coefficient (Wildman–Crippen LogP) is 5.24. The summed E-state index contributed by atoms with van der Waals surface area (Å²) in [5, 5.41) is 5.76. The first-order chi connectivity index (χ1) is 16.5. The van der Waals surface area contributed by atoms with Crippen LogP contribution in [-0.2, 0) is 11.3 Å². The molecule has 0 radical (unpaired) electrons. The van der Waals surface area contributed by atoms with Crippen LogP contribution in [0.3, 0.4) is 0 Å². The average molecular weight is 469 g/mol. The summed E-state index contributed by atoms with van der Waals surface area (Å²) in [6.07, 6.45) is 6.68. The first-order valence-electron chi connectivity index (χ1n) is 12.3. The van der Waals surface area contributed by atoms with Crippen LogP contribution in [0.25, 0.3) is 0 Å². The van der Waals surface area contributed by atoms with E-state index in [0.717, 1.165) is 67.8 Å². The number of anilines is 1. The van der Waals surface area contributed by atoms with Crippen LogP contribution < -0.4 is 21.5 Å². The number of para-hydroxylation sites is 1. The molecule has 0 spiro atoms. The van der Waals surface area contributed by atoms with E-state index in [4.69, 9.17) is 4.74 Å². The molecule has 0 bridgehead atoms. The molecule has 0 aromatic heterocycles. The summed E-state index contributed by atoms with van der Waals surface area (Å²) in [4.78, 5) is 24.5. The largest absolute Gasteiger partial charge is 0.381 e. The number of hydrogen-bond acceptors (Lipinski definition) is 4. The zero-order valence-corrected chi connectivity index (χ0v) is 20.8. The van der Waals surface area contributed by atoms with Crippen LogP contribution in [0.4, 0.5) is 10.5 Å². The second-order valence-electron chi connectivity index (χ2n) is 8.53. The summed E-state index contributed by atoms with van der Waals surface area (Å²) in [5.74, 6) is -0.175. The van der Waals surface area contributed by atoms with Crippen molar-refractivity contribution in [3.05, 3.63) is 64.7 Å². The molecule has 7 heteroatoms. The maximum atomic E-state index is 12.3. The molecule has 2 rings (SSSR count). The Bertz CT molecular complexity index is 864. The van der Waals surface area contributed by atoms with E-state index < -0.39 is 0 Å². The van der Waals surface area contributed by atoms with E-state index in [9.17, 15) is 9.59 Å². The van der Waals surface area contributed by atoms with E-state index in [1.54, 1.807) is 12.1 Å². The van der Waals surface area contributed by atoms with Gasteiger partial charge in [-0.1, -0.05) is 50.1 Å². The molecule has 0 heterocycles. The van der Waals surface area contributed by atoms with Gasteiger partial charge in [0.05, 0.1) is 0 Å². The van der Waals surface area contributed by atoms with Gasteiger partial charge < -0.3 is 15.4 Å². The molecule has 0 saturated carbocycles. The summed E-state index contributed by atoms with van der Waals surface area (Å²) >= 11 is 0. The van der Waals surface area contributed by atoms with Crippen molar-refractivity contribution >= 4 is 17.6 Å². The number of rotatable bonds is 15. The Morgan fingerprint density at radius 3 is 2.21 bits per heavy atom. The number of urea groups is 1. The van der Waals surface area contributed by atoms with Gasteiger partial charge in [-0.2, -0.15) is 0 Å². The third-order valence-electron chi connectivity index (χ3n) is 5.57. The number of nitrogens with one attached hydrogen (secondary N) is 4.